The molecule has 1 aromatic carbocycles. The zero-order valence-electron chi connectivity index (χ0n) is 13.2. The van der Waals surface area contributed by atoms with Gasteiger partial charge in [0.2, 0.25) is 5.89 Å². The molecule has 2 heterocycles. The Kier molecular flexibility index (Phi) is 3.85. The lowest BCUT2D eigenvalue weighted by Crippen LogP contribution is -2.44. The van der Waals surface area contributed by atoms with Crippen molar-refractivity contribution >= 4 is 11.8 Å². The first-order valence-electron chi connectivity index (χ1n) is 7.78. The molecule has 1 aliphatic rings. The monoisotopic (exact) mass is 343 g/mol. The maximum atomic E-state index is 6.23. The molecule has 124 valence electrons. The molecule has 2 N–H and O–H groups in total. The lowest BCUT2D eigenvalue weighted by atomic mass is 9.77. The second-order valence-corrected chi connectivity index (χ2v) is 7.03. The first kappa shape index (κ1) is 15.3. The van der Waals surface area contributed by atoms with Crippen molar-refractivity contribution in [3.05, 3.63) is 41.8 Å². The summed E-state index contributed by atoms with van der Waals surface area (Å²) in [6, 6.07) is 7.94. The van der Waals surface area contributed by atoms with Crippen LogP contribution in [0.25, 0.3) is 11.5 Å². The molecule has 8 heteroatoms. The fraction of sp³-hybridized carbons (Fsp3) is 0.375. The van der Waals surface area contributed by atoms with E-state index in [1.165, 1.54) is 0 Å². The number of aryl methyl sites for hydroxylation is 1. The number of rotatable bonds is 5. The van der Waals surface area contributed by atoms with Crippen LogP contribution in [0.3, 0.4) is 0 Å². The summed E-state index contributed by atoms with van der Waals surface area (Å²) in [5.74, 6) is 3.02. The van der Waals surface area contributed by atoms with Crippen LogP contribution >= 0.6 is 11.8 Å². The highest BCUT2D eigenvalue weighted by Gasteiger charge is 2.39. The van der Waals surface area contributed by atoms with Crippen LogP contribution in [-0.4, -0.2) is 20.3 Å². The van der Waals surface area contributed by atoms with Crippen molar-refractivity contribution in [2.45, 2.75) is 42.4 Å². The van der Waals surface area contributed by atoms with Gasteiger partial charge in [0.25, 0.3) is 5.89 Å². The molecule has 4 rings (SSSR count). The van der Waals surface area contributed by atoms with Crippen molar-refractivity contribution in [2.24, 2.45) is 5.73 Å². The summed E-state index contributed by atoms with van der Waals surface area (Å²) < 4.78 is 10.5. The van der Waals surface area contributed by atoms with Gasteiger partial charge in [-0.3, -0.25) is 0 Å². The summed E-state index contributed by atoms with van der Waals surface area (Å²) in [5.41, 5.74) is 6.71. The van der Waals surface area contributed by atoms with Crippen molar-refractivity contribution in [1.29, 1.82) is 0 Å². The SMILES string of the molecule is Cc1noc(CSc2ccc(-c3nc(C4(N)CCC4)no3)cc2)n1. The molecule has 0 amide bonds. The maximum absolute atomic E-state index is 6.23. The molecule has 0 unspecified atom stereocenters. The van der Waals surface area contributed by atoms with Gasteiger partial charge < -0.3 is 14.8 Å². The third kappa shape index (κ3) is 2.94. The third-order valence-corrected chi connectivity index (χ3v) is 5.15. The maximum Gasteiger partial charge on any atom is 0.257 e. The number of hydrogen-bond acceptors (Lipinski definition) is 8. The smallest absolute Gasteiger partial charge is 0.257 e. The predicted molar refractivity (Wildman–Crippen MR) is 88.0 cm³/mol. The second-order valence-electron chi connectivity index (χ2n) is 5.98. The quantitative estimate of drug-likeness (QED) is 0.705. The molecule has 2 aromatic heterocycles. The summed E-state index contributed by atoms with van der Waals surface area (Å²) in [5, 5.41) is 7.82. The Labute approximate surface area is 143 Å². The van der Waals surface area contributed by atoms with Crippen molar-refractivity contribution < 1.29 is 9.05 Å². The van der Waals surface area contributed by atoms with E-state index >= 15 is 0 Å². The average Bonchev–Trinajstić information content (AvgIpc) is 3.20. The minimum atomic E-state index is -0.403. The molecule has 0 aliphatic heterocycles. The molecule has 0 bridgehead atoms. The number of nitrogens with two attached hydrogens (primary N) is 1. The van der Waals surface area contributed by atoms with Gasteiger partial charge >= 0.3 is 0 Å². The van der Waals surface area contributed by atoms with Gasteiger partial charge in [0, 0.05) is 10.5 Å². The van der Waals surface area contributed by atoms with E-state index in [4.69, 9.17) is 14.8 Å². The van der Waals surface area contributed by atoms with Crippen molar-refractivity contribution in [1.82, 2.24) is 20.3 Å². The molecule has 1 saturated carbocycles. The molecule has 3 aromatic rings. The minimum Gasteiger partial charge on any atom is -0.338 e. The largest absolute Gasteiger partial charge is 0.338 e. The summed E-state index contributed by atoms with van der Waals surface area (Å²) in [4.78, 5) is 9.74. The predicted octanol–water partition coefficient (Wildman–Crippen LogP) is 3.06. The van der Waals surface area contributed by atoms with Gasteiger partial charge in [-0.2, -0.15) is 9.97 Å². The van der Waals surface area contributed by atoms with Crippen LogP contribution < -0.4 is 5.73 Å². The molecule has 0 spiro atoms. The third-order valence-electron chi connectivity index (χ3n) is 4.15. The van der Waals surface area contributed by atoms with Gasteiger partial charge in [0.1, 0.15) is 0 Å². The Morgan fingerprint density at radius 1 is 1.12 bits per heavy atom. The van der Waals surface area contributed by atoms with Crippen molar-refractivity contribution in [2.75, 3.05) is 0 Å². The minimum absolute atomic E-state index is 0.403. The zero-order valence-corrected chi connectivity index (χ0v) is 14.0. The van der Waals surface area contributed by atoms with Gasteiger partial charge in [-0.05, 0) is 50.5 Å². The zero-order chi connectivity index (χ0) is 16.6. The fourth-order valence-corrected chi connectivity index (χ4v) is 3.30. The summed E-state index contributed by atoms with van der Waals surface area (Å²) in [7, 11) is 0. The molecule has 0 atom stereocenters. The fourth-order valence-electron chi connectivity index (χ4n) is 2.56. The molecule has 1 fully saturated rings. The van der Waals surface area contributed by atoms with Crippen LogP contribution in [0, 0.1) is 6.92 Å². The average molecular weight is 343 g/mol. The number of thioether (sulfide) groups is 1. The van der Waals surface area contributed by atoms with Gasteiger partial charge in [0.15, 0.2) is 11.6 Å². The first-order chi connectivity index (χ1) is 11.6. The van der Waals surface area contributed by atoms with Gasteiger partial charge in [-0.25, -0.2) is 0 Å². The van der Waals surface area contributed by atoms with Gasteiger partial charge in [-0.15, -0.1) is 11.8 Å². The number of hydrogen-bond donors (Lipinski definition) is 1. The Bertz CT molecular complexity index is 838. The molecule has 1 aliphatic carbocycles. The van der Waals surface area contributed by atoms with Crippen LogP contribution in [0.15, 0.2) is 38.2 Å². The number of nitrogens with zero attached hydrogens (tertiary/aromatic N) is 4. The lowest BCUT2D eigenvalue weighted by Gasteiger charge is -2.34. The van der Waals surface area contributed by atoms with E-state index in [1.807, 2.05) is 24.3 Å². The van der Waals surface area contributed by atoms with E-state index < -0.39 is 5.54 Å². The molecule has 0 saturated heterocycles. The molecule has 0 radical (unpaired) electrons. The van der Waals surface area contributed by atoms with Crippen molar-refractivity contribution in [3.8, 4) is 11.5 Å². The highest BCUT2D eigenvalue weighted by atomic mass is 32.2. The number of benzene rings is 1. The second kappa shape index (κ2) is 6.03. The van der Waals surface area contributed by atoms with Gasteiger partial charge in [0.05, 0.1) is 11.3 Å². The van der Waals surface area contributed by atoms with Crippen molar-refractivity contribution in [3.63, 3.8) is 0 Å². The van der Waals surface area contributed by atoms with E-state index in [9.17, 15) is 0 Å². The molecule has 24 heavy (non-hydrogen) atoms. The lowest BCUT2D eigenvalue weighted by molar-refractivity contribution is 0.229. The Hall–Kier alpha value is -2.19. The van der Waals surface area contributed by atoms with E-state index in [1.54, 1.807) is 18.7 Å². The van der Waals surface area contributed by atoms with Crippen LogP contribution in [-0.2, 0) is 11.3 Å². The summed E-state index contributed by atoms with van der Waals surface area (Å²) in [6.45, 7) is 1.81. The van der Waals surface area contributed by atoms with E-state index in [-0.39, 0.29) is 0 Å². The first-order valence-corrected chi connectivity index (χ1v) is 8.76. The molecular weight excluding hydrogens is 326 g/mol. The normalized spacial score (nSPS) is 16.1. The van der Waals surface area contributed by atoms with Crippen LogP contribution in [0.5, 0.6) is 0 Å². The van der Waals surface area contributed by atoms with Crippen LogP contribution in [0.2, 0.25) is 0 Å². The topological polar surface area (TPSA) is 104 Å². The highest BCUT2D eigenvalue weighted by Crippen LogP contribution is 2.37. The molecular formula is C16H17N5O2S. The van der Waals surface area contributed by atoms with E-state index in [0.717, 1.165) is 29.7 Å². The standard InChI is InChI=1S/C16H17N5O2S/c1-10-18-13(22-20-10)9-24-12-5-3-11(4-6-12)14-19-15(21-23-14)16(17)7-2-8-16/h3-6H,2,7-9,17H2,1H3. The van der Waals surface area contributed by atoms with Crippen LogP contribution in [0.4, 0.5) is 0 Å². The highest BCUT2D eigenvalue weighted by molar-refractivity contribution is 7.98. The Morgan fingerprint density at radius 2 is 1.92 bits per heavy atom. The summed E-state index contributed by atoms with van der Waals surface area (Å²) in [6.07, 6.45) is 2.94. The Balaban J connectivity index is 1.43. The number of aromatic nitrogens is 4. The molecule has 7 nitrogen and oxygen atoms in total. The van der Waals surface area contributed by atoms with Gasteiger partial charge in [-0.1, -0.05) is 10.3 Å². The van der Waals surface area contributed by atoms with E-state index in [2.05, 4.69) is 20.3 Å². The summed E-state index contributed by atoms with van der Waals surface area (Å²) >= 11 is 1.63. The van der Waals surface area contributed by atoms with Crippen LogP contribution in [0.1, 0.15) is 36.8 Å². The Morgan fingerprint density at radius 3 is 2.54 bits per heavy atom. The van der Waals surface area contributed by atoms with E-state index in [0.29, 0.717) is 29.2 Å².